The van der Waals surface area contributed by atoms with Crippen LogP contribution in [0.15, 0.2) is 12.1 Å². The van der Waals surface area contributed by atoms with Crippen LogP contribution in [0.2, 0.25) is 5.02 Å². The first-order valence-electron chi connectivity index (χ1n) is 6.99. The number of Topliss-reactive ketones (excluding diaryl/α,β-unsaturated/α-hetero) is 1. The molecule has 2 rings (SSSR count). The highest BCUT2D eigenvalue weighted by Gasteiger charge is 2.37. The van der Waals surface area contributed by atoms with Crippen LogP contribution in [0.25, 0.3) is 0 Å². The molecule has 0 saturated heterocycles. The molecule has 1 aliphatic carbocycles. The van der Waals surface area contributed by atoms with Gasteiger partial charge in [0.2, 0.25) is 0 Å². The van der Waals surface area contributed by atoms with E-state index in [1.54, 1.807) is 19.2 Å². The van der Waals surface area contributed by atoms with Gasteiger partial charge >= 0.3 is 0 Å². The molecule has 0 heterocycles. The SMILES string of the molecule is COc1ccc(C(=O)C2(C)CCCCC2)c(OC)c1Cl. The molecule has 4 heteroatoms. The lowest BCUT2D eigenvalue weighted by Crippen LogP contribution is -2.30. The van der Waals surface area contributed by atoms with Crippen LogP contribution in [-0.2, 0) is 0 Å². The predicted octanol–water partition coefficient (Wildman–Crippen LogP) is 4.51. The van der Waals surface area contributed by atoms with Crippen molar-refractivity contribution in [1.29, 1.82) is 0 Å². The molecule has 20 heavy (non-hydrogen) atoms. The molecule has 0 N–H and O–H groups in total. The molecule has 1 aliphatic rings. The molecule has 0 amide bonds. The van der Waals surface area contributed by atoms with Crippen molar-refractivity contribution in [3.05, 3.63) is 22.7 Å². The zero-order chi connectivity index (χ0) is 14.8. The van der Waals surface area contributed by atoms with E-state index in [1.807, 2.05) is 6.92 Å². The smallest absolute Gasteiger partial charge is 0.172 e. The van der Waals surface area contributed by atoms with Crippen LogP contribution in [0.5, 0.6) is 11.5 Å². The van der Waals surface area contributed by atoms with E-state index in [-0.39, 0.29) is 11.2 Å². The number of benzene rings is 1. The van der Waals surface area contributed by atoms with Crippen LogP contribution < -0.4 is 9.47 Å². The fourth-order valence-electron chi connectivity index (χ4n) is 2.96. The first kappa shape index (κ1) is 15.2. The topological polar surface area (TPSA) is 35.5 Å². The lowest BCUT2D eigenvalue weighted by Gasteiger charge is -2.32. The van der Waals surface area contributed by atoms with Crippen molar-refractivity contribution in [2.45, 2.75) is 39.0 Å². The molecule has 1 saturated carbocycles. The lowest BCUT2D eigenvalue weighted by molar-refractivity contribution is 0.0746. The first-order valence-corrected chi connectivity index (χ1v) is 7.36. The van der Waals surface area contributed by atoms with Gasteiger partial charge in [-0.2, -0.15) is 0 Å². The molecule has 1 aromatic carbocycles. The Morgan fingerprint density at radius 3 is 2.35 bits per heavy atom. The summed E-state index contributed by atoms with van der Waals surface area (Å²) in [5.74, 6) is 1.07. The van der Waals surface area contributed by atoms with E-state index in [0.29, 0.717) is 22.1 Å². The third-order valence-electron chi connectivity index (χ3n) is 4.24. The summed E-state index contributed by atoms with van der Waals surface area (Å²) in [6.45, 7) is 2.05. The van der Waals surface area contributed by atoms with Crippen LogP contribution in [0.1, 0.15) is 49.4 Å². The summed E-state index contributed by atoms with van der Waals surface area (Å²) >= 11 is 6.24. The summed E-state index contributed by atoms with van der Waals surface area (Å²) in [4.78, 5) is 12.9. The minimum Gasteiger partial charge on any atom is -0.495 e. The van der Waals surface area contributed by atoms with Gasteiger partial charge in [0.1, 0.15) is 10.8 Å². The number of hydrogen-bond acceptors (Lipinski definition) is 3. The van der Waals surface area contributed by atoms with Crippen LogP contribution in [0.4, 0.5) is 0 Å². The van der Waals surface area contributed by atoms with Crippen LogP contribution in [0.3, 0.4) is 0 Å². The summed E-state index contributed by atoms with van der Waals surface area (Å²) in [5, 5.41) is 0.361. The van der Waals surface area contributed by atoms with Crippen molar-refractivity contribution in [3.8, 4) is 11.5 Å². The van der Waals surface area contributed by atoms with Gasteiger partial charge in [-0.1, -0.05) is 37.8 Å². The van der Waals surface area contributed by atoms with E-state index in [2.05, 4.69) is 0 Å². The third kappa shape index (κ3) is 2.64. The van der Waals surface area contributed by atoms with Crippen molar-refractivity contribution in [2.75, 3.05) is 14.2 Å². The highest BCUT2D eigenvalue weighted by Crippen LogP contribution is 2.43. The number of rotatable bonds is 4. The van der Waals surface area contributed by atoms with Gasteiger partial charge in [0.05, 0.1) is 19.8 Å². The van der Waals surface area contributed by atoms with Crippen LogP contribution in [0, 0.1) is 5.41 Å². The minimum absolute atomic E-state index is 0.124. The average Bonchev–Trinajstić information content (AvgIpc) is 2.47. The zero-order valence-electron chi connectivity index (χ0n) is 12.3. The Bertz CT molecular complexity index is 505. The summed E-state index contributed by atoms with van der Waals surface area (Å²) in [5.41, 5.74) is 0.256. The Kier molecular flexibility index (Phi) is 4.59. The van der Waals surface area contributed by atoms with E-state index in [1.165, 1.54) is 13.5 Å². The number of halogens is 1. The molecule has 3 nitrogen and oxygen atoms in total. The molecule has 110 valence electrons. The summed E-state index contributed by atoms with van der Waals surface area (Å²) in [7, 11) is 3.07. The van der Waals surface area contributed by atoms with Gasteiger partial charge in [-0.25, -0.2) is 0 Å². The highest BCUT2D eigenvalue weighted by molar-refractivity contribution is 6.34. The Hall–Kier alpha value is -1.22. The van der Waals surface area contributed by atoms with E-state index < -0.39 is 0 Å². The predicted molar refractivity (Wildman–Crippen MR) is 80.1 cm³/mol. The van der Waals surface area contributed by atoms with Crippen molar-refractivity contribution < 1.29 is 14.3 Å². The van der Waals surface area contributed by atoms with Crippen LogP contribution in [-0.4, -0.2) is 20.0 Å². The summed E-state index contributed by atoms with van der Waals surface area (Å²) < 4.78 is 10.5. The van der Waals surface area contributed by atoms with Gasteiger partial charge in [0.25, 0.3) is 0 Å². The fraction of sp³-hybridized carbons (Fsp3) is 0.562. The van der Waals surface area contributed by atoms with Crippen molar-refractivity contribution in [1.82, 2.24) is 0 Å². The summed E-state index contributed by atoms with van der Waals surface area (Å²) in [6, 6.07) is 3.48. The molecule has 0 aliphatic heterocycles. The monoisotopic (exact) mass is 296 g/mol. The van der Waals surface area contributed by atoms with Gasteiger partial charge in [0, 0.05) is 5.41 Å². The molecule has 1 fully saturated rings. The number of carbonyl (C=O) groups is 1. The number of methoxy groups -OCH3 is 2. The Labute approximate surface area is 125 Å². The van der Waals surface area contributed by atoms with Crippen molar-refractivity contribution in [3.63, 3.8) is 0 Å². The standard InChI is InChI=1S/C16H21ClO3/c1-16(9-5-4-6-10-16)15(18)11-7-8-12(19-2)13(17)14(11)20-3/h7-8H,4-6,9-10H2,1-3H3. The fourth-order valence-corrected chi connectivity index (χ4v) is 3.28. The number of ether oxygens (including phenoxy) is 2. The maximum atomic E-state index is 12.9. The molecule has 1 aromatic rings. The Morgan fingerprint density at radius 1 is 1.15 bits per heavy atom. The molecule has 0 aromatic heterocycles. The normalized spacial score (nSPS) is 17.6. The van der Waals surface area contributed by atoms with E-state index in [9.17, 15) is 4.79 Å². The average molecular weight is 297 g/mol. The molecule has 0 bridgehead atoms. The van der Waals surface area contributed by atoms with E-state index in [0.717, 1.165) is 25.7 Å². The van der Waals surface area contributed by atoms with Gasteiger partial charge in [-0.05, 0) is 25.0 Å². The highest BCUT2D eigenvalue weighted by atomic mass is 35.5. The quantitative estimate of drug-likeness (QED) is 0.767. The second-order valence-electron chi connectivity index (χ2n) is 5.61. The van der Waals surface area contributed by atoms with E-state index >= 15 is 0 Å². The van der Waals surface area contributed by atoms with Crippen LogP contribution >= 0.6 is 11.6 Å². The molecular weight excluding hydrogens is 276 g/mol. The third-order valence-corrected chi connectivity index (χ3v) is 4.59. The molecular formula is C16H21ClO3. The summed E-state index contributed by atoms with van der Waals surface area (Å²) in [6.07, 6.45) is 5.28. The van der Waals surface area contributed by atoms with Crippen molar-refractivity contribution >= 4 is 17.4 Å². The van der Waals surface area contributed by atoms with Gasteiger partial charge in [-0.15, -0.1) is 0 Å². The van der Waals surface area contributed by atoms with E-state index in [4.69, 9.17) is 21.1 Å². The minimum atomic E-state index is -0.302. The number of ketones is 1. The maximum absolute atomic E-state index is 12.9. The Balaban J connectivity index is 2.41. The molecule has 0 atom stereocenters. The lowest BCUT2D eigenvalue weighted by atomic mass is 9.71. The maximum Gasteiger partial charge on any atom is 0.172 e. The molecule has 0 spiro atoms. The van der Waals surface area contributed by atoms with Gasteiger partial charge in [0.15, 0.2) is 11.5 Å². The zero-order valence-corrected chi connectivity index (χ0v) is 13.0. The Morgan fingerprint density at radius 2 is 1.80 bits per heavy atom. The second kappa shape index (κ2) is 6.04. The van der Waals surface area contributed by atoms with Gasteiger partial charge in [-0.3, -0.25) is 4.79 Å². The molecule has 0 radical (unpaired) electrons. The number of carbonyl (C=O) groups excluding carboxylic acids is 1. The largest absolute Gasteiger partial charge is 0.495 e. The van der Waals surface area contributed by atoms with Crippen molar-refractivity contribution in [2.24, 2.45) is 5.41 Å². The molecule has 0 unspecified atom stereocenters. The first-order chi connectivity index (χ1) is 9.53. The number of hydrogen-bond donors (Lipinski definition) is 0. The van der Waals surface area contributed by atoms with Gasteiger partial charge < -0.3 is 9.47 Å². The second-order valence-corrected chi connectivity index (χ2v) is 5.99.